The van der Waals surface area contributed by atoms with Crippen LogP contribution < -0.4 is 10.6 Å². The van der Waals surface area contributed by atoms with E-state index >= 15 is 0 Å². The number of benzene rings is 1. The first-order chi connectivity index (χ1) is 12.7. The molecule has 1 aromatic heterocycles. The maximum absolute atomic E-state index is 4.79. The highest BCUT2D eigenvalue weighted by molar-refractivity contribution is 14.0. The second kappa shape index (κ2) is 12.7. The summed E-state index contributed by atoms with van der Waals surface area (Å²) in [7, 11) is 4.18. The molecule has 2 rings (SSSR count). The van der Waals surface area contributed by atoms with Crippen molar-refractivity contribution in [2.24, 2.45) is 4.99 Å². The summed E-state index contributed by atoms with van der Waals surface area (Å²) in [6, 6.07) is 10.7. The molecule has 0 bridgehead atoms. The standard InChI is InChI=1S/C19H31N7.HI/c1-5-18-24-23-15-26(18)13-12-21-19(20-6-2)22-14-17(25(3)4)16-10-8-7-9-11-16;/h7-11,15,17H,5-6,12-14H2,1-4H3,(H2,20,21,22);1H. The first kappa shape index (κ1) is 23.4. The van der Waals surface area contributed by atoms with Crippen molar-refractivity contribution in [3.05, 3.63) is 48.0 Å². The molecule has 0 saturated heterocycles. The van der Waals surface area contributed by atoms with E-state index in [9.17, 15) is 0 Å². The van der Waals surface area contributed by atoms with Crippen molar-refractivity contribution in [3.8, 4) is 0 Å². The van der Waals surface area contributed by atoms with Crippen LogP contribution in [-0.4, -0.2) is 59.4 Å². The molecule has 0 saturated carbocycles. The van der Waals surface area contributed by atoms with Gasteiger partial charge in [-0.15, -0.1) is 34.2 Å². The molecule has 0 spiro atoms. The molecule has 27 heavy (non-hydrogen) atoms. The summed E-state index contributed by atoms with van der Waals surface area (Å²) < 4.78 is 2.07. The van der Waals surface area contributed by atoms with E-state index in [2.05, 4.69) is 82.5 Å². The predicted octanol–water partition coefficient (Wildman–Crippen LogP) is 2.32. The van der Waals surface area contributed by atoms with Crippen molar-refractivity contribution in [3.63, 3.8) is 0 Å². The Morgan fingerprint density at radius 1 is 1.19 bits per heavy atom. The van der Waals surface area contributed by atoms with Crippen LogP contribution >= 0.6 is 24.0 Å². The topological polar surface area (TPSA) is 70.4 Å². The fourth-order valence-corrected chi connectivity index (χ4v) is 2.80. The van der Waals surface area contributed by atoms with Gasteiger partial charge >= 0.3 is 0 Å². The molecular formula is C19H32IN7. The summed E-state index contributed by atoms with van der Waals surface area (Å²) in [6.45, 7) is 7.28. The van der Waals surface area contributed by atoms with Gasteiger partial charge in [-0.2, -0.15) is 0 Å². The van der Waals surface area contributed by atoms with Gasteiger partial charge in [0.1, 0.15) is 12.2 Å². The fraction of sp³-hybridized carbons (Fsp3) is 0.526. The molecule has 0 radical (unpaired) electrons. The van der Waals surface area contributed by atoms with Gasteiger partial charge < -0.3 is 20.1 Å². The van der Waals surface area contributed by atoms with E-state index in [0.717, 1.165) is 37.8 Å². The summed E-state index contributed by atoms with van der Waals surface area (Å²) in [5.41, 5.74) is 1.27. The highest BCUT2D eigenvalue weighted by Gasteiger charge is 2.13. The highest BCUT2D eigenvalue weighted by atomic mass is 127. The van der Waals surface area contributed by atoms with Crippen LogP contribution in [0.1, 0.15) is 31.3 Å². The number of hydrogen-bond acceptors (Lipinski definition) is 4. The minimum absolute atomic E-state index is 0. The van der Waals surface area contributed by atoms with E-state index < -0.39 is 0 Å². The number of rotatable bonds is 9. The normalized spacial score (nSPS) is 12.6. The van der Waals surface area contributed by atoms with Crippen LogP contribution in [0.2, 0.25) is 0 Å². The second-order valence-electron chi connectivity index (χ2n) is 6.33. The Balaban J connectivity index is 0.00000364. The Morgan fingerprint density at radius 2 is 1.93 bits per heavy atom. The van der Waals surface area contributed by atoms with Crippen LogP contribution in [0.25, 0.3) is 0 Å². The Bertz CT molecular complexity index is 670. The molecule has 1 heterocycles. The van der Waals surface area contributed by atoms with E-state index in [4.69, 9.17) is 4.99 Å². The third-order valence-electron chi connectivity index (χ3n) is 4.23. The number of nitrogens with zero attached hydrogens (tertiary/aromatic N) is 5. The molecule has 0 amide bonds. The summed E-state index contributed by atoms with van der Waals surface area (Å²) in [6.07, 6.45) is 2.66. The van der Waals surface area contributed by atoms with Gasteiger partial charge in [0, 0.05) is 26.1 Å². The summed E-state index contributed by atoms with van der Waals surface area (Å²) in [5, 5.41) is 14.8. The molecular weight excluding hydrogens is 453 g/mol. The molecule has 2 aromatic rings. The maximum atomic E-state index is 4.79. The molecule has 8 heteroatoms. The molecule has 0 aliphatic carbocycles. The van der Waals surface area contributed by atoms with E-state index in [1.165, 1.54) is 5.56 Å². The fourth-order valence-electron chi connectivity index (χ4n) is 2.80. The number of aromatic nitrogens is 3. The highest BCUT2D eigenvalue weighted by Crippen LogP contribution is 2.17. The number of guanidine groups is 1. The van der Waals surface area contributed by atoms with Crippen LogP contribution in [0, 0.1) is 0 Å². The van der Waals surface area contributed by atoms with Gasteiger partial charge in [-0.1, -0.05) is 37.3 Å². The van der Waals surface area contributed by atoms with Crippen LogP contribution in [-0.2, 0) is 13.0 Å². The molecule has 150 valence electrons. The van der Waals surface area contributed by atoms with Gasteiger partial charge in [0.2, 0.25) is 0 Å². The lowest BCUT2D eigenvalue weighted by atomic mass is 10.1. The van der Waals surface area contributed by atoms with Gasteiger partial charge in [0.25, 0.3) is 0 Å². The molecule has 0 fully saturated rings. The largest absolute Gasteiger partial charge is 0.357 e. The Labute approximate surface area is 179 Å². The number of nitrogens with one attached hydrogen (secondary N) is 2. The Hall–Kier alpha value is -1.68. The SMILES string of the molecule is CCNC(=NCC(c1ccccc1)N(C)C)NCCn1cnnc1CC.I. The molecule has 1 atom stereocenters. The van der Waals surface area contributed by atoms with Crippen molar-refractivity contribution in [1.82, 2.24) is 30.3 Å². The average Bonchev–Trinajstić information content (AvgIpc) is 3.10. The van der Waals surface area contributed by atoms with E-state index in [0.29, 0.717) is 6.54 Å². The summed E-state index contributed by atoms with van der Waals surface area (Å²) in [5.74, 6) is 1.84. The van der Waals surface area contributed by atoms with Crippen molar-refractivity contribution in [2.45, 2.75) is 32.9 Å². The van der Waals surface area contributed by atoms with Gasteiger partial charge in [0.15, 0.2) is 5.96 Å². The first-order valence-electron chi connectivity index (χ1n) is 9.25. The zero-order chi connectivity index (χ0) is 18.8. The third-order valence-corrected chi connectivity index (χ3v) is 4.23. The summed E-state index contributed by atoms with van der Waals surface area (Å²) >= 11 is 0. The molecule has 1 unspecified atom stereocenters. The van der Waals surface area contributed by atoms with Crippen LogP contribution in [0.4, 0.5) is 0 Å². The average molecular weight is 485 g/mol. The van der Waals surface area contributed by atoms with Crippen molar-refractivity contribution < 1.29 is 0 Å². The van der Waals surface area contributed by atoms with Gasteiger partial charge in [0.05, 0.1) is 12.6 Å². The van der Waals surface area contributed by atoms with Crippen LogP contribution in [0.5, 0.6) is 0 Å². The van der Waals surface area contributed by atoms with Crippen molar-refractivity contribution in [1.29, 1.82) is 0 Å². The van der Waals surface area contributed by atoms with Crippen molar-refractivity contribution in [2.75, 3.05) is 33.7 Å². The Morgan fingerprint density at radius 3 is 2.56 bits per heavy atom. The lowest BCUT2D eigenvalue weighted by Gasteiger charge is -2.23. The number of hydrogen-bond donors (Lipinski definition) is 2. The lowest BCUT2D eigenvalue weighted by molar-refractivity contribution is 0.306. The van der Waals surface area contributed by atoms with E-state index in [1.807, 2.05) is 6.07 Å². The lowest BCUT2D eigenvalue weighted by Crippen LogP contribution is -2.39. The van der Waals surface area contributed by atoms with Gasteiger partial charge in [-0.25, -0.2) is 0 Å². The molecule has 7 nitrogen and oxygen atoms in total. The van der Waals surface area contributed by atoms with E-state index in [1.54, 1.807) is 6.33 Å². The third kappa shape index (κ3) is 7.45. The number of likely N-dealkylation sites (N-methyl/N-ethyl adjacent to an activating group) is 1. The monoisotopic (exact) mass is 485 g/mol. The minimum atomic E-state index is 0. The molecule has 1 aromatic carbocycles. The predicted molar refractivity (Wildman–Crippen MR) is 122 cm³/mol. The maximum Gasteiger partial charge on any atom is 0.191 e. The number of halogens is 1. The minimum Gasteiger partial charge on any atom is -0.357 e. The zero-order valence-corrected chi connectivity index (χ0v) is 19.1. The van der Waals surface area contributed by atoms with E-state index in [-0.39, 0.29) is 30.0 Å². The van der Waals surface area contributed by atoms with Crippen LogP contribution in [0.3, 0.4) is 0 Å². The second-order valence-corrected chi connectivity index (χ2v) is 6.33. The smallest absolute Gasteiger partial charge is 0.191 e. The number of aliphatic imine (C=N–C) groups is 1. The van der Waals surface area contributed by atoms with Gasteiger partial charge in [-0.3, -0.25) is 4.99 Å². The van der Waals surface area contributed by atoms with Crippen molar-refractivity contribution >= 4 is 29.9 Å². The quantitative estimate of drug-likeness (QED) is 0.324. The zero-order valence-electron chi connectivity index (χ0n) is 16.7. The molecule has 0 aliphatic heterocycles. The molecule has 0 aliphatic rings. The molecule has 2 N–H and O–H groups in total. The first-order valence-corrected chi connectivity index (χ1v) is 9.25. The number of aryl methyl sites for hydroxylation is 1. The van der Waals surface area contributed by atoms with Gasteiger partial charge in [-0.05, 0) is 26.6 Å². The summed E-state index contributed by atoms with van der Waals surface area (Å²) in [4.78, 5) is 6.99. The van der Waals surface area contributed by atoms with Crippen LogP contribution in [0.15, 0.2) is 41.7 Å². The Kier molecular flexibility index (Phi) is 11.0.